The Morgan fingerprint density at radius 3 is 1.73 bits per heavy atom. The topological polar surface area (TPSA) is 65.2 Å². The normalized spacial score (nSPS) is 14.8. The van der Waals surface area contributed by atoms with Crippen LogP contribution in [0, 0.1) is 0 Å². The van der Waals surface area contributed by atoms with Gasteiger partial charge in [-0.25, -0.2) is 0 Å². The molecule has 0 heterocycles. The molecule has 0 spiro atoms. The zero-order chi connectivity index (χ0) is 19.2. The predicted molar refractivity (Wildman–Crippen MR) is 109 cm³/mol. The third-order valence-corrected chi connectivity index (χ3v) is 4.94. The van der Waals surface area contributed by atoms with E-state index in [0.29, 0.717) is 11.1 Å². The molecule has 4 nitrogen and oxygen atoms in total. The summed E-state index contributed by atoms with van der Waals surface area (Å²) in [5, 5.41) is 19.9. The SMILES string of the molecule is CCCC(C)(/N=C/c1ccccc1O)C(C)(C)/N=C/c1ccccc1O. The summed E-state index contributed by atoms with van der Waals surface area (Å²) >= 11 is 0. The number of rotatable bonds is 7. The summed E-state index contributed by atoms with van der Waals surface area (Å²) < 4.78 is 0. The summed E-state index contributed by atoms with van der Waals surface area (Å²) in [6.07, 6.45) is 5.24. The molecule has 2 aromatic rings. The van der Waals surface area contributed by atoms with Crippen LogP contribution < -0.4 is 0 Å². The molecule has 0 radical (unpaired) electrons. The summed E-state index contributed by atoms with van der Waals surface area (Å²) in [6, 6.07) is 14.3. The van der Waals surface area contributed by atoms with Gasteiger partial charge in [-0.1, -0.05) is 37.6 Å². The van der Waals surface area contributed by atoms with Crippen LogP contribution in [0.15, 0.2) is 58.5 Å². The Hall–Kier alpha value is -2.62. The lowest BCUT2D eigenvalue weighted by Crippen LogP contribution is -2.45. The lowest BCUT2D eigenvalue weighted by Gasteiger charge is -2.38. The molecule has 0 bridgehead atoms. The average Bonchev–Trinajstić information content (AvgIpc) is 2.60. The summed E-state index contributed by atoms with van der Waals surface area (Å²) in [4.78, 5) is 9.57. The van der Waals surface area contributed by atoms with Gasteiger partial charge in [0.1, 0.15) is 11.5 Å². The van der Waals surface area contributed by atoms with E-state index in [4.69, 9.17) is 9.98 Å². The minimum absolute atomic E-state index is 0.210. The predicted octanol–water partition coefficient (Wildman–Crippen LogP) is 4.97. The Morgan fingerprint density at radius 1 is 0.808 bits per heavy atom. The van der Waals surface area contributed by atoms with Crippen molar-refractivity contribution in [1.82, 2.24) is 0 Å². The van der Waals surface area contributed by atoms with Gasteiger partial charge < -0.3 is 10.2 Å². The van der Waals surface area contributed by atoms with Gasteiger partial charge in [0.25, 0.3) is 0 Å². The number of hydrogen-bond donors (Lipinski definition) is 2. The monoisotopic (exact) mass is 352 g/mol. The zero-order valence-corrected chi connectivity index (χ0v) is 16.0. The maximum Gasteiger partial charge on any atom is 0.124 e. The zero-order valence-electron chi connectivity index (χ0n) is 16.0. The van der Waals surface area contributed by atoms with E-state index in [1.54, 1.807) is 36.7 Å². The van der Waals surface area contributed by atoms with Gasteiger partial charge in [-0.15, -0.1) is 0 Å². The van der Waals surface area contributed by atoms with Crippen LogP contribution in [-0.4, -0.2) is 33.7 Å². The number of para-hydroxylation sites is 2. The van der Waals surface area contributed by atoms with Crippen molar-refractivity contribution in [2.45, 2.75) is 51.6 Å². The molecular formula is C22H28N2O2. The molecule has 2 N–H and O–H groups in total. The van der Waals surface area contributed by atoms with E-state index in [0.717, 1.165) is 12.8 Å². The minimum Gasteiger partial charge on any atom is -0.507 e. The van der Waals surface area contributed by atoms with E-state index in [9.17, 15) is 10.2 Å². The van der Waals surface area contributed by atoms with E-state index in [2.05, 4.69) is 13.8 Å². The third-order valence-electron chi connectivity index (χ3n) is 4.94. The summed E-state index contributed by atoms with van der Waals surface area (Å²) in [5.74, 6) is 0.424. The Morgan fingerprint density at radius 2 is 1.27 bits per heavy atom. The molecule has 1 unspecified atom stereocenters. The fourth-order valence-corrected chi connectivity index (χ4v) is 2.79. The highest BCUT2D eigenvalue weighted by Crippen LogP contribution is 2.34. The standard InChI is InChI=1S/C22H28N2O2/c1-5-14-22(4,24-16-18-11-7-9-13-20(18)26)21(2,3)23-15-17-10-6-8-12-19(17)25/h6-13,15-16,25-26H,5,14H2,1-4H3/b23-15+,24-16+. The fourth-order valence-electron chi connectivity index (χ4n) is 2.79. The van der Waals surface area contributed by atoms with Crippen molar-refractivity contribution in [3.05, 3.63) is 59.7 Å². The van der Waals surface area contributed by atoms with Crippen molar-refractivity contribution in [2.24, 2.45) is 9.98 Å². The molecule has 1 atom stereocenters. The lowest BCUT2D eigenvalue weighted by molar-refractivity contribution is 0.270. The van der Waals surface area contributed by atoms with Crippen LogP contribution in [0.1, 0.15) is 51.7 Å². The van der Waals surface area contributed by atoms with Crippen molar-refractivity contribution < 1.29 is 10.2 Å². The second-order valence-electron chi connectivity index (χ2n) is 7.22. The number of aromatic hydroxyl groups is 2. The molecule has 2 rings (SSSR count). The van der Waals surface area contributed by atoms with E-state index >= 15 is 0 Å². The van der Waals surface area contributed by atoms with Crippen LogP contribution >= 0.6 is 0 Å². The van der Waals surface area contributed by atoms with Gasteiger partial charge >= 0.3 is 0 Å². The first-order chi connectivity index (χ1) is 12.3. The van der Waals surface area contributed by atoms with Gasteiger partial charge in [-0.2, -0.15) is 0 Å². The molecule has 0 fully saturated rings. The van der Waals surface area contributed by atoms with Gasteiger partial charge in [0, 0.05) is 23.6 Å². The molecule has 0 aliphatic heterocycles. The van der Waals surface area contributed by atoms with Gasteiger partial charge in [0.05, 0.1) is 11.1 Å². The summed E-state index contributed by atoms with van der Waals surface area (Å²) in [6.45, 7) is 8.29. The van der Waals surface area contributed by atoms with E-state index in [1.807, 2.05) is 38.1 Å². The number of benzene rings is 2. The van der Waals surface area contributed by atoms with Crippen molar-refractivity contribution in [3.63, 3.8) is 0 Å². The van der Waals surface area contributed by atoms with Crippen LogP contribution in [0.3, 0.4) is 0 Å². The first kappa shape index (κ1) is 19.7. The Balaban J connectivity index is 2.33. The molecule has 0 amide bonds. The van der Waals surface area contributed by atoms with Gasteiger partial charge in [-0.3, -0.25) is 9.98 Å². The van der Waals surface area contributed by atoms with Gasteiger partial charge in [0.2, 0.25) is 0 Å². The summed E-state index contributed by atoms with van der Waals surface area (Å²) in [5.41, 5.74) is 0.427. The Kier molecular flexibility index (Phi) is 6.19. The largest absolute Gasteiger partial charge is 0.507 e. The second-order valence-corrected chi connectivity index (χ2v) is 7.22. The first-order valence-electron chi connectivity index (χ1n) is 8.95. The Labute approximate surface area is 156 Å². The first-order valence-corrected chi connectivity index (χ1v) is 8.95. The number of aliphatic imine (C=N–C) groups is 2. The smallest absolute Gasteiger partial charge is 0.124 e. The maximum absolute atomic E-state index is 9.97. The molecular weight excluding hydrogens is 324 g/mol. The second kappa shape index (κ2) is 8.17. The van der Waals surface area contributed by atoms with Crippen LogP contribution in [0.4, 0.5) is 0 Å². The number of nitrogens with zero attached hydrogens (tertiary/aromatic N) is 2. The number of phenols is 2. The van der Waals surface area contributed by atoms with Crippen LogP contribution in [-0.2, 0) is 0 Å². The van der Waals surface area contributed by atoms with Crippen molar-refractivity contribution in [1.29, 1.82) is 0 Å². The molecule has 0 aromatic heterocycles. The van der Waals surface area contributed by atoms with E-state index < -0.39 is 11.1 Å². The van der Waals surface area contributed by atoms with Crippen molar-refractivity contribution >= 4 is 12.4 Å². The highest BCUT2D eigenvalue weighted by atomic mass is 16.3. The Bertz CT molecular complexity index is 796. The van der Waals surface area contributed by atoms with Crippen LogP contribution in [0.25, 0.3) is 0 Å². The molecule has 0 saturated carbocycles. The number of phenolic OH excluding ortho intramolecular Hbond substituents is 2. The third kappa shape index (κ3) is 4.51. The van der Waals surface area contributed by atoms with Gasteiger partial charge in [-0.05, 0) is 51.5 Å². The molecule has 0 aliphatic rings. The van der Waals surface area contributed by atoms with E-state index in [-0.39, 0.29) is 11.5 Å². The quantitative estimate of drug-likeness (QED) is 0.691. The van der Waals surface area contributed by atoms with Gasteiger partial charge in [0.15, 0.2) is 0 Å². The van der Waals surface area contributed by atoms with Crippen molar-refractivity contribution in [3.8, 4) is 11.5 Å². The molecule has 2 aromatic carbocycles. The molecule has 26 heavy (non-hydrogen) atoms. The van der Waals surface area contributed by atoms with E-state index in [1.165, 1.54) is 0 Å². The van der Waals surface area contributed by atoms with Crippen molar-refractivity contribution in [2.75, 3.05) is 0 Å². The molecule has 138 valence electrons. The van der Waals surface area contributed by atoms with Crippen LogP contribution in [0.2, 0.25) is 0 Å². The summed E-state index contributed by atoms with van der Waals surface area (Å²) in [7, 11) is 0. The number of hydrogen-bond acceptors (Lipinski definition) is 4. The minimum atomic E-state index is -0.494. The molecule has 4 heteroatoms. The average molecular weight is 352 g/mol. The maximum atomic E-state index is 9.97. The highest BCUT2D eigenvalue weighted by molar-refractivity contribution is 5.84. The molecule has 0 saturated heterocycles. The lowest BCUT2D eigenvalue weighted by atomic mass is 9.78. The molecule has 0 aliphatic carbocycles. The van der Waals surface area contributed by atoms with Crippen LogP contribution in [0.5, 0.6) is 11.5 Å². The fraction of sp³-hybridized carbons (Fsp3) is 0.364. The highest BCUT2D eigenvalue weighted by Gasteiger charge is 2.39.